The van der Waals surface area contributed by atoms with Crippen molar-refractivity contribution in [2.24, 2.45) is 11.1 Å². The van der Waals surface area contributed by atoms with E-state index in [2.05, 4.69) is 11.6 Å². The smallest absolute Gasteiger partial charge is 0.233 e. The summed E-state index contributed by atoms with van der Waals surface area (Å²) in [7, 11) is 0. The normalized spacial score (nSPS) is 17.9. The predicted octanol–water partition coefficient (Wildman–Crippen LogP) is 2.87. The van der Waals surface area contributed by atoms with Crippen molar-refractivity contribution in [2.75, 3.05) is 18.6 Å². The highest BCUT2D eigenvalue weighted by atomic mass is 32.2. The summed E-state index contributed by atoms with van der Waals surface area (Å²) >= 11 is 7.03. The Morgan fingerprint density at radius 2 is 1.95 bits per heavy atom. The van der Waals surface area contributed by atoms with Crippen LogP contribution in [0.5, 0.6) is 0 Å². The van der Waals surface area contributed by atoms with Gasteiger partial charge in [-0.15, -0.1) is 0 Å². The number of carbonyl (C=O) groups excluding carboxylic acids is 1. The van der Waals surface area contributed by atoms with Gasteiger partial charge in [0.2, 0.25) is 5.91 Å². The van der Waals surface area contributed by atoms with E-state index in [-0.39, 0.29) is 5.91 Å². The van der Waals surface area contributed by atoms with Crippen molar-refractivity contribution >= 4 is 34.9 Å². The fourth-order valence-electron chi connectivity index (χ4n) is 2.66. The lowest BCUT2D eigenvalue weighted by Crippen LogP contribution is -2.50. The molecule has 0 radical (unpaired) electrons. The maximum Gasteiger partial charge on any atom is 0.233 e. The third-order valence-corrected chi connectivity index (χ3v) is 5.01. The van der Waals surface area contributed by atoms with Gasteiger partial charge in [-0.1, -0.05) is 37.9 Å². The Balaban J connectivity index is 2.35. The van der Waals surface area contributed by atoms with Crippen LogP contribution in [0.1, 0.15) is 51.4 Å². The van der Waals surface area contributed by atoms with Crippen LogP contribution in [0.15, 0.2) is 0 Å². The molecule has 19 heavy (non-hydrogen) atoms. The van der Waals surface area contributed by atoms with Gasteiger partial charge in [-0.3, -0.25) is 4.79 Å². The fourth-order valence-corrected chi connectivity index (χ4v) is 3.45. The second kappa shape index (κ2) is 8.80. The minimum atomic E-state index is -0.563. The third kappa shape index (κ3) is 4.95. The summed E-state index contributed by atoms with van der Waals surface area (Å²) in [6, 6.07) is 0. The van der Waals surface area contributed by atoms with E-state index in [9.17, 15) is 4.79 Å². The van der Waals surface area contributed by atoms with E-state index < -0.39 is 5.41 Å². The van der Waals surface area contributed by atoms with Crippen molar-refractivity contribution in [1.29, 1.82) is 0 Å². The van der Waals surface area contributed by atoms with Gasteiger partial charge in [0.1, 0.15) is 0 Å². The molecule has 0 saturated heterocycles. The van der Waals surface area contributed by atoms with Gasteiger partial charge in [0.15, 0.2) is 0 Å². The number of carbonyl (C=O) groups is 1. The van der Waals surface area contributed by atoms with E-state index in [1.165, 1.54) is 25.0 Å². The van der Waals surface area contributed by atoms with Crippen molar-refractivity contribution in [3.63, 3.8) is 0 Å². The minimum absolute atomic E-state index is 0.0598. The number of amides is 1. The van der Waals surface area contributed by atoms with Crippen LogP contribution in [-0.2, 0) is 4.79 Å². The lowest BCUT2D eigenvalue weighted by atomic mass is 9.73. The maximum absolute atomic E-state index is 12.4. The van der Waals surface area contributed by atoms with Gasteiger partial charge in [0.05, 0.1) is 10.4 Å². The van der Waals surface area contributed by atoms with Crippen LogP contribution < -0.4 is 11.1 Å². The quantitative estimate of drug-likeness (QED) is 0.535. The number of unbranched alkanes of at least 4 members (excludes halogenated alkanes) is 2. The van der Waals surface area contributed by atoms with Gasteiger partial charge in [0.25, 0.3) is 0 Å². The molecule has 3 N–H and O–H groups in total. The first-order valence-electron chi connectivity index (χ1n) is 7.20. The van der Waals surface area contributed by atoms with Crippen LogP contribution in [-0.4, -0.2) is 29.4 Å². The average Bonchev–Trinajstić information content (AvgIpc) is 2.43. The molecule has 1 aliphatic carbocycles. The van der Waals surface area contributed by atoms with Crippen molar-refractivity contribution < 1.29 is 4.79 Å². The number of hydrogen-bond acceptors (Lipinski definition) is 3. The summed E-state index contributed by atoms with van der Waals surface area (Å²) in [6.45, 7) is 0.748. The van der Waals surface area contributed by atoms with E-state index in [1.54, 1.807) is 0 Å². The SMILES string of the molecule is CSCCCCCNC(=O)C1(C(N)=S)CCCCC1. The van der Waals surface area contributed by atoms with Gasteiger partial charge in [-0.25, -0.2) is 0 Å². The maximum atomic E-state index is 12.4. The molecule has 1 amide bonds. The molecule has 0 aromatic carbocycles. The van der Waals surface area contributed by atoms with Gasteiger partial charge in [-0.05, 0) is 37.7 Å². The molecule has 0 spiro atoms. The summed E-state index contributed by atoms with van der Waals surface area (Å²) in [5.74, 6) is 1.26. The molecule has 0 heterocycles. The number of thiocarbonyl (C=S) groups is 1. The van der Waals surface area contributed by atoms with Crippen LogP contribution in [0.25, 0.3) is 0 Å². The number of thioether (sulfide) groups is 1. The average molecular weight is 303 g/mol. The van der Waals surface area contributed by atoms with E-state index in [0.29, 0.717) is 4.99 Å². The number of nitrogens with one attached hydrogen (secondary N) is 1. The molecule has 3 nitrogen and oxygen atoms in total. The zero-order valence-corrected chi connectivity index (χ0v) is 13.5. The standard InChI is InChI=1S/C14H26N2OS2/c1-19-11-7-3-6-10-16-13(17)14(12(15)18)8-4-2-5-9-14/h2-11H2,1H3,(H2,15,18)(H,16,17). The number of nitrogens with two attached hydrogens (primary N) is 1. The molecule has 1 fully saturated rings. The van der Waals surface area contributed by atoms with Crippen molar-refractivity contribution in [2.45, 2.75) is 51.4 Å². The van der Waals surface area contributed by atoms with Crippen molar-refractivity contribution in [3.8, 4) is 0 Å². The summed E-state index contributed by atoms with van der Waals surface area (Å²) in [5.41, 5.74) is 5.28. The fraction of sp³-hybridized carbons (Fsp3) is 0.857. The van der Waals surface area contributed by atoms with Crippen LogP contribution in [0.4, 0.5) is 0 Å². The van der Waals surface area contributed by atoms with Crippen LogP contribution in [0.3, 0.4) is 0 Å². The Hall–Kier alpha value is -0.290. The first kappa shape index (κ1) is 16.8. The molecular formula is C14H26N2OS2. The third-order valence-electron chi connectivity index (χ3n) is 3.92. The molecule has 0 atom stereocenters. The first-order valence-corrected chi connectivity index (χ1v) is 9.01. The Labute approximate surface area is 126 Å². The lowest BCUT2D eigenvalue weighted by molar-refractivity contribution is -0.128. The molecule has 0 unspecified atom stereocenters. The summed E-state index contributed by atoms with van der Waals surface area (Å²) in [5, 5.41) is 3.04. The van der Waals surface area contributed by atoms with Crippen LogP contribution >= 0.6 is 24.0 Å². The number of hydrogen-bond donors (Lipinski definition) is 2. The summed E-state index contributed by atoms with van der Waals surface area (Å²) in [4.78, 5) is 12.7. The predicted molar refractivity (Wildman–Crippen MR) is 87.5 cm³/mol. The summed E-state index contributed by atoms with van der Waals surface area (Å²) < 4.78 is 0. The highest BCUT2D eigenvalue weighted by Crippen LogP contribution is 2.36. The molecule has 110 valence electrons. The monoisotopic (exact) mass is 302 g/mol. The first-order chi connectivity index (χ1) is 9.13. The Morgan fingerprint density at radius 1 is 1.26 bits per heavy atom. The van der Waals surface area contributed by atoms with Crippen LogP contribution in [0.2, 0.25) is 0 Å². The molecule has 0 aliphatic heterocycles. The Kier molecular flexibility index (Phi) is 7.76. The van der Waals surface area contributed by atoms with Gasteiger partial charge < -0.3 is 11.1 Å². The van der Waals surface area contributed by atoms with Crippen molar-refractivity contribution in [1.82, 2.24) is 5.32 Å². The number of rotatable bonds is 8. The molecule has 0 bridgehead atoms. The molecule has 0 aromatic heterocycles. The molecule has 1 saturated carbocycles. The second-order valence-corrected chi connectivity index (χ2v) is 6.74. The molecule has 1 rings (SSSR count). The highest BCUT2D eigenvalue weighted by molar-refractivity contribution is 7.98. The van der Waals surface area contributed by atoms with Gasteiger partial charge >= 0.3 is 0 Å². The van der Waals surface area contributed by atoms with Gasteiger partial charge in [0, 0.05) is 6.54 Å². The molecular weight excluding hydrogens is 276 g/mol. The topological polar surface area (TPSA) is 55.1 Å². The summed E-state index contributed by atoms with van der Waals surface area (Å²) in [6.07, 6.45) is 10.5. The largest absolute Gasteiger partial charge is 0.392 e. The van der Waals surface area contributed by atoms with E-state index in [1.807, 2.05) is 11.8 Å². The second-order valence-electron chi connectivity index (χ2n) is 5.32. The zero-order valence-electron chi connectivity index (χ0n) is 11.9. The molecule has 5 heteroatoms. The van der Waals surface area contributed by atoms with Crippen LogP contribution in [0, 0.1) is 5.41 Å². The Bertz CT molecular complexity index is 302. The lowest BCUT2D eigenvalue weighted by Gasteiger charge is -2.34. The van der Waals surface area contributed by atoms with Gasteiger partial charge in [-0.2, -0.15) is 11.8 Å². The molecule has 0 aromatic rings. The highest BCUT2D eigenvalue weighted by Gasteiger charge is 2.41. The zero-order chi connectivity index (χ0) is 14.1. The van der Waals surface area contributed by atoms with E-state index in [0.717, 1.165) is 38.6 Å². The molecule has 1 aliphatic rings. The van der Waals surface area contributed by atoms with E-state index in [4.69, 9.17) is 18.0 Å². The van der Waals surface area contributed by atoms with Crippen molar-refractivity contribution in [3.05, 3.63) is 0 Å². The van der Waals surface area contributed by atoms with E-state index >= 15 is 0 Å². The Morgan fingerprint density at radius 3 is 2.53 bits per heavy atom. The minimum Gasteiger partial charge on any atom is -0.392 e.